The standard InChI is InChI=1S/C7H12O2.C5H6O/c1-2-3-4-5-6-7(8)9;6-5-3-1-2-4-5/h5-6H,2-4H2,1H3,(H,8,9);1-2H,3-4H2. The van der Waals surface area contributed by atoms with Crippen molar-refractivity contribution in [3.05, 3.63) is 24.3 Å². The molecule has 0 unspecified atom stereocenters. The molecule has 0 saturated heterocycles. The minimum absolute atomic E-state index is 0.343. The summed E-state index contributed by atoms with van der Waals surface area (Å²) < 4.78 is 0. The van der Waals surface area contributed by atoms with Crippen LogP contribution >= 0.6 is 0 Å². The second-order valence-electron chi connectivity index (χ2n) is 3.30. The van der Waals surface area contributed by atoms with Gasteiger partial charge in [0.1, 0.15) is 5.78 Å². The van der Waals surface area contributed by atoms with Gasteiger partial charge in [-0.3, -0.25) is 4.79 Å². The molecule has 0 fully saturated rings. The number of carbonyl (C=O) groups excluding carboxylic acids is 1. The first kappa shape index (κ1) is 13.6. The summed E-state index contributed by atoms with van der Waals surface area (Å²) >= 11 is 0. The largest absolute Gasteiger partial charge is 0.478 e. The van der Waals surface area contributed by atoms with Crippen LogP contribution in [0.25, 0.3) is 0 Å². The fraction of sp³-hybridized carbons (Fsp3) is 0.500. The molecule has 1 rings (SSSR count). The van der Waals surface area contributed by atoms with E-state index in [2.05, 4.69) is 6.92 Å². The van der Waals surface area contributed by atoms with Crippen molar-refractivity contribution in [2.75, 3.05) is 0 Å². The molecule has 0 atom stereocenters. The summed E-state index contributed by atoms with van der Waals surface area (Å²) in [6, 6.07) is 0. The molecule has 0 aromatic rings. The second kappa shape index (κ2) is 9.19. The first-order valence-electron chi connectivity index (χ1n) is 5.23. The zero-order chi connectivity index (χ0) is 11.5. The Labute approximate surface area is 90.5 Å². The number of unbranched alkanes of at least 4 members (excludes halogenated alkanes) is 2. The number of hydrogen-bond donors (Lipinski definition) is 1. The Bertz CT molecular complexity index is 242. The zero-order valence-corrected chi connectivity index (χ0v) is 9.11. The highest BCUT2D eigenvalue weighted by Gasteiger charge is 1.99. The highest BCUT2D eigenvalue weighted by Crippen LogP contribution is 2.00. The molecule has 0 amide bonds. The number of aliphatic carboxylic acids is 1. The van der Waals surface area contributed by atoms with Crippen LogP contribution in [0.1, 0.15) is 39.0 Å². The van der Waals surface area contributed by atoms with Crippen LogP contribution in [0.2, 0.25) is 0 Å². The Morgan fingerprint density at radius 3 is 2.40 bits per heavy atom. The molecule has 0 heterocycles. The van der Waals surface area contributed by atoms with E-state index in [9.17, 15) is 9.59 Å². The second-order valence-corrected chi connectivity index (χ2v) is 3.30. The van der Waals surface area contributed by atoms with Crippen LogP contribution in [0.3, 0.4) is 0 Å². The lowest BCUT2D eigenvalue weighted by atomic mass is 10.2. The molecule has 0 aromatic heterocycles. The van der Waals surface area contributed by atoms with Crippen molar-refractivity contribution in [1.29, 1.82) is 0 Å². The lowest BCUT2D eigenvalue weighted by Gasteiger charge is -1.85. The molecule has 3 heteroatoms. The van der Waals surface area contributed by atoms with Crippen molar-refractivity contribution >= 4 is 11.8 Å². The summed E-state index contributed by atoms with van der Waals surface area (Å²) in [7, 11) is 0. The lowest BCUT2D eigenvalue weighted by Crippen LogP contribution is -1.85. The number of rotatable bonds is 4. The maximum Gasteiger partial charge on any atom is 0.327 e. The fourth-order valence-corrected chi connectivity index (χ4v) is 1.02. The van der Waals surface area contributed by atoms with Gasteiger partial charge in [0.25, 0.3) is 0 Å². The Morgan fingerprint density at radius 1 is 1.47 bits per heavy atom. The monoisotopic (exact) mass is 210 g/mol. The molecule has 1 N–H and O–H groups in total. The average molecular weight is 210 g/mol. The summed E-state index contributed by atoms with van der Waals surface area (Å²) in [6.07, 6.45) is 11.1. The third-order valence-corrected chi connectivity index (χ3v) is 1.84. The highest BCUT2D eigenvalue weighted by atomic mass is 16.4. The molecule has 1 aliphatic rings. The number of hydrogen-bond acceptors (Lipinski definition) is 2. The quantitative estimate of drug-likeness (QED) is 0.441. The zero-order valence-electron chi connectivity index (χ0n) is 9.11. The van der Waals surface area contributed by atoms with Gasteiger partial charge in [-0.15, -0.1) is 0 Å². The average Bonchev–Trinajstić information content (AvgIpc) is 2.65. The third kappa shape index (κ3) is 10.5. The van der Waals surface area contributed by atoms with Gasteiger partial charge in [0.05, 0.1) is 0 Å². The van der Waals surface area contributed by atoms with Gasteiger partial charge in [-0.05, 0) is 6.42 Å². The summed E-state index contributed by atoms with van der Waals surface area (Å²) in [5, 5.41) is 8.13. The predicted molar refractivity (Wildman–Crippen MR) is 59.7 cm³/mol. The van der Waals surface area contributed by atoms with E-state index in [1.165, 1.54) is 6.08 Å². The molecule has 0 aromatic carbocycles. The molecule has 0 radical (unpaired) electrons. The molecule has 1 aliphatic carbocycles. The Hall–Kier alpha value is -1.38. The van der Waals surface area contributed by atoms with Crippen LogP contribution in [0, 0.1) is 0 Å². The number of carboxylic acids is 1. The predicted octanol–water partition coefficient (Wildman–Crippen LogP) is 2.72. The number of carbonyl (C=O) groups is 2. The summed E-state index contributed by atoms with van der Waals surface area (Å²) in [4.78, 5) is 20.1. The normalized spacial score (nSPS) is 14.1. The van der Waals surface area contributed by atoms with Crippen molar-refractivity contribution in [2.45, 2.75) is 39.0 Å². The molecular formula is C12H18O3. The van der Waals surface area contributed by atoms with Crippen LogP contribution in [-0.4, -0.2) is 16.9 Å². The fourth-order valence-electron chi connectivity index (χ4n) is 1.02. The molecule has 0 spiro atoms. The van der Waals surface area contributed by atoms with Gasteiger partial charge < -0.3 is 5.11 Å². The van der Waals surface area contributed by atoms with Gasteiger partial charge in [0.15, 0.2) is 0 Å². The SMILES string of the molecule is CCCCC=CC(=O)O.O=C1CC=CC1. The van der Waals surface area contributed by atoms with Crippen LogP contribution in [0.15, 0.2) is 24.3 Å². The number of ketones is 1. The van der Waals surface area contributed by atoms with E-state index in [4.69, 9.17) is 5.11 Å². The van der Waals surface area contributed by atoms with Crippen LogP contribution < -0.4 is 0 Å². The van der Waals surface area contributed by atoms with Crippen molar-refractivity contribution in [2.24, 2.45) is 0 Å². The minimum Gasteiger partial charge on any atom is -0.478 e. The van der Waals surface area contributed by atoms with Gasteiger partial charge in [-0.1, -0.05) is 38.0 Å². The minimum atomic E-state index is -0.855. The highest BCUT2D eigenvalue weighted by molar-refractivity contribution is 5.83. The van der Waals surface area contributed by atoms with E-state index in [1.54, 1.807) is 6.08 Å². The topological polar surface area (TPSA) is 54.4 Å². The molecule has 0 saturated carbocycles. The molecule has 84 valence electrons. The third-order valence-electron chi connectivity index (χ3n) is 1.84. The molecule has 15 heavy (non-hydrogen) atoms. The first-order valence-corrected chi connectivity index (χ1v) is 5.23. The Balaban J connectivity index is 0.000000280. The van der Waals surface area contributed by atoms with E-state index < -0.39 is 5.97 Å². The van der Waals surface area contributed by atoms with Gasteiger partial charge in [-0.25, -0.2) is 4.79 Å². The van der Waals surface area contributed by atoms with E-state index in [-0.39, 0.29) is 0 Å². The molecular weight excluding hydrogens is 192 g/mol. The molecule has 0 aliphatic heterocycles. The number of carboxylic acid groups (broad SMARTS) is 1. The Morgan fingerprint density at radius 2 is 2.07 bits per heavy atom. The number of allylic oxidation sites excluding steroid dienone is 3. The van der Waals surface area contributed by atoms with Gasteiger partial charge in [-0.2, -0.15) is 0 Å². The van der Waals surface area contributed by atoms with Crippen molar-refractivity contribution in [1.82, 2.24) is 0 Å². The maximum atomic E-state index is 10.2. The first-order chi connectivity index (χ1) is 7.16. The van der Waals surface area contributed by atoms with Crippen LogP contribution in [-0.2, 0) is 9.59 Å². The van der Waals surface area contributed by atoms with Gasteiger partial charge in [0, 0.05) is 18.9 Å². The summed E-state index contributed by atoms with van der Waals surface area (Å²) in [6.45, 7) is 2.08. The van der Waals surface area contributed by atoms with Crippen LogP contribution in [0.5, 0.6) is 0 Å². The van der Waals surface area contributed by atoms with E-state index in [0.717, 1.165) is 19.3 Å². The van der Waals surface area contributed by atoms with Crippen molar-refractivity contribution in [3.8, 4) is 0 Å². The number of Topliss-reactive ketones (excluding diaryl/α,β-unsaturated/α-hetero) is 1. The van der Waals surface area contributed by atoms with Crippen LogP contribution in [0.4, 0.5) is 0 Å². The van der Waals surface area contributed by atoms with Gasteiger partial charge in [0.2, 0.25) is 0 Å². The summed E-state index contributed by atoms with van der Waals surface area (Å²) in [5.74, 6) is -0.513. The van der Waals surface area contributed by atoms with Crippen molar-refractivity contribution < 1.29 is 14.7 Å². The van der Waals surface area contributed by atoms with E-state index >= 15 is 0 Å². The Kier molecular flexibility index (Phi) is 8.34. The smallest absolute Gasteiger partial charge is 0.327 e. The maximum absolute atomic E-state index is 10.2. The van der Waals surface area contributed by atoms with E-state index in [1.807, 2.05) is 12.2 Å². The van der Waals surface area contributed by atoms with Gasteiger partial charge >= 0.3 is 5.97 Å². The lowest BCUT2D eigenvalue weighted by molar-refractivity contribution is -0.131. The molecule has 0 bridgehead atoms. The molecule has 3 nitrogen and oxygen atoms in total. The van der Waals surface area contributed by atoms with Crippen molar-refractivity contribution in [3.63, 3.8) is 0 Å². The van der Waals surface area contributed by atoms with E-state index in [0.29, 0.717) is 18.6 Å². The summed E-state index contributed by atoms with van der Waals surface area (Å²) in [5.41, 5.74) is 0.